The second-order valence-electron chi connectivity index (χ2n) is 4.90. The smallest absolute Gasteiger partial charge is 0.256 e. The summed E-state index contributed by atoms with van der Waals surface area (Å²) in [5.41, 5.74) is 0.519. The van der Waals surface area contributed by atoms with Crippen LogP contribution >= 0.6 is 23.2 Å². The third-order valence-electron chi connectivity index (χ3n) is 3.22. The highest BCUT2D eigenvalue weighted by molar-refractivity contribution is 6.42. The van der Waals surface area contributed by atoms with Crippen molar-refractivity contribution in [3.63, 3.8) is 0 Å². The number of pyridine rings is 1. The second kappa shape index (κ2) is 6.18. The van der Waals surface area contributed by atoms with Crippen LogP contribution in [0, 0.1) is 5.82 Å². The summed E-state index contributed by atoms with van der Waals surface area (Å²) < 4.78 is 19.8. The fraction of sp³-hybridized carbons (Fsp3) is 0.267. The lowest BCUT2D eigenvalue weighted by atomic mass is 10.2. The van der Waals surface area contributed by atoms with Crippen molar-refractivity contribution in [2.24, 2.45) is 0 Å². The highest BCUT2D eigenvalue weighted by Crippen LogP contribution is 2.35. The van der Waals surface area contributed by atoms with E-state index in [1.807, 2.05) is 0 Å². The van der Waals surface area contributed by atoms with Crippen LogP contribution in [0.1, 0.15) is 18.4 Å². The topological polar surface area (TPSA) is 34.2 Å². The Bertz CT molecular complexity index is 662. The lowest BCUT2D eigenvalue weighted by Crippen LogP contribution is -2.16. The van der Waals surface area contributed by atoms with E-state index < -0.39 is 5.82 Å². The first-order valence-corrected chi connectivity index (χ1v) is 7.39. The van der Waals surface area contributed by atoms with Crippen LogP contribution in [0.4, 0.5) is 4.39 Å². The molecular weight excluding hydrogens is 314 g/mol. The predicted molar refractivity (Wildman–Crippen MR) is 80.6 cm³/mol. The molecule has 0 aliphatic heterocycles. The van der Waals surface area contributed by atoms with Crippen molar-refractivity contribution in [2.75, 3.05) is 0 Å². The van der Waals surface area contributed by atoms with Gasteiger partial charge in [0.15, 0.2) is 5.82 Å². The Labute approximate surface area is 132 Å². The van der Waals surface area contributed by atoms with Gasteiger partial charge in [-0.15, -0.1) is 0 Å². The van der Waals surface area contributed by atoms with Crippen molar-refractivity contribution in [3.05, 3.63) is 51.9 Å². The number of ether oxygens (including phenoxy) is 1. The molecule has 0 bridgehead atoms. The molecule has 0 saturated heterocycles. The molecule has 6 heteroatoms. The van der Waals surface area contributed by atoms with Crippen molar-refractivity contribution in [1.82, 2.24) is 10.3 Å². The highest BCUT2D eigenvalue weighted by atomic mass is 35.5. The van der Waals surface area contributed by atoms with Crippen molar-refractivity contribution in [3.8, 4) is 11.6 Å². The lowest BCUT2D eigenvalue weighted by Gasteiger charge is -2.10. The molecule has 0 atom stereocenters. The summed E-state index contributed by atoms with van der Waals surface area (Å²) in [7, 11) is 0. The van der Waals surface area contributed by atoms with Gasteiger partial charge in [-0.2, -0.15) is 0 Å². The Kier molecular flexibility index (Phi) is 4.29. The Morgan fingerprint density at radius 2 is 2.10 bits per heavy atom. The number of rotatable bonds is 5. The quantitative estimate of drug-likeness (QED) is 0.873. The minimum Gasteiger partial charge on any atom is -0.435 e. The van der Waals surface area contributed by atoms with E-state index in [1.165, 1.54) is 6.20 Å². The summed E-state index contributed by atoms with van der Waals surface area (Å²) in [6.07, 6.45) is 3.81. The van der Waals surface area contributed by atoms with Crippen LogP contribution in [0.15, 0.2) is 30.5 Å². The minimum absolute atomic E-state index is 0.103. The van der Waals surface area contributed by atoms with E-state index in [0.717, 1.165) is 12.8 Å². The van der Waals surface area contributed by atoms with E-state index in [4.69, 9.17) is 27.9 Å². The first-order chi connectivity index (χ1) is 10.1. The highest BCUT2D eigenvalue weighted by Gasteiger charge is 2.21. The number of benzene rings is 1. The van der Waals surface area contributed by atoms with E-state index in [2.05, 4.69) is 10.3 Å². The Morgan fingerprint density at radius 1 is 1.29 bits per heavy atom. The van der Waals surface area contributed by atoms with Crippen LogP contribution in [-0.2, 0) is 6.54 Å². The van der Waals surface area contributed by atoms with Gasteiger partial charge in [0.25, 0.3) is 5.88 Å². The zero-order chi connectivity index (χ0) is 14.8. The van der Waals surface area contributed by atoms with Gasteiger partial charge in [-0.3, -0.25) is 0 Å². The monoisotopic (exact) mass is 326 g/mol. The van der Waals surface area contributed by atoms with Gasteiger partial charge in [0.05, 0.1) is 5.02 Å². The summed E-state index contributed by atoms with van der Waals surface area (Å²) in [5, 5.41) is 3.84. The van der Waals surface area contributed by atoms with Crippen LogP contribution < -0.4 is 10.1 Å². The first kappa shape index (κ1) is 14.6. The minimum atomic E-state index is -0.485. The number of nitrogens with zero attached hydrogens (tertiary/aromatic N) is 1. The predicted octanol–water partition coefficient (Wildman–Crippen LogP) is 4.57. The SMILES string of the molecule is Fc1c(CNC2CC2)ccnc1Oc1cccc(Cl)c1Cl. The van der Waals surface area contributed by atoms with Gasteiger partial charge in [0, 0.05) is 24.3 Å². The van der Waals surface area contributed by atoms with E-state index in [1.54, 1.807) is 24.3 Å². The molecule has 0 spiro atoms. The maximum atomic E-state index is 14.4. The van der Waals surface area contributed by atoms with Crippen LogP contribution in [0.25, 0.3) is 0 Å². The summed E-state index contributed by atoms with van der Waals surface area (Å²) >= 11 is 11.9. The molecule has 1 saturated carbocycles. The number of hydrogen-bond acceptors (Lipinski definition) is 3. The number of aromatic nitrogens is 1. The molecule has 1 aliphatic carbocycles. The molecule has 1 fully saturated rings. The lowest BCUT2D eigenvalue weighted by molar-refractivity contribution is 0.417. The molecule has 21 heavy (non-hydrogen) atoms. The third-order valence-corrected chi connectivity index (χ3v) is 4.02. The molecule has 0 radical (unpaired) electrons. The molecule has 110 valence electrons. The number of hydrogen-bond donors (Lipinski definition) is 1. The Balaban J connectivity index is 1.81. The molecular formula is C15H13Cl2FN2O. The van der Waals surface area contributed by atoms with Crippen molar-refractivity contribution in [1.29, 1.82) is 0 Å². The largest absolute Gasteiger partial charge is 0.435 e. The van der Waals surface area contributed by atoms with Crippen LogP contribution in [0.5, 0.6) is 11.6 Å². The standard InChI is InChI=1S/C15H13Cl2FN2O/c16-11-2-1-3-12(13(11)17)21-15-14(18)9(6-7-19-15)8-20-10-4-5-10/h1-3,6-7,10,20H,4-5,8H2. The molecule has 3 nitrogen and oxygen atoms in total. The van der Waals surface area contributed by atoms with Gasteiger partial charge < -0.3 is 10.1 Å². The van der Waals surface area contributed by atoms with E-state index in [0.29, 0.717) is 23.2 Å². The first-order valence-electron chi connectivity index (χ1n) is 6.64. The molecule has 0 unspecified atom stereocenters. The number of halogens is 3. The van der Waals surface area contributed by atoms with E-state index in [9.17, 15) is 4.39 Å². The Hall–Kier alpha value is -1.36. The molecule has 1 aliphatic rings. The third kappa shape index (κ3) is 3.46. The maximum Gasteiger partial charge on any atom is 0.256 e. The van der Waals surface area contributed by atoms with Gasteiger partial charge in [0.2, 0.25) is 0 Å². The van der Waals surface area contributed by atoms with Crippen LogP contribution in [0.2, 0.25) is 10.0 Å². The zero-order valence-corrected chi connectivity index (χ0v) is 12.6. The van der Waals surface area contributed by atoms with E-state index in [-0.39, 0.29) is 16.7 Å². The molecule has 1 aromatic carbocycles. The van der Waals surface area contributed by atoms with E-state index >= 15 is 0 Å². The Morgan fingerprint density at radius 3 is 2.86 bits per heavy atom. The summed E-state index contributed by atoms with van der Waals surface area (Å²) in [5.74, 6) is -0.307. The fourth-order valence-corrected chi connectivity index (χ4v) is 2.21. The van der Waals surface area contributed by atoms with Gasteiger partial charge >= 0.3 is 0 Å². The molecule has 1 heterocycles. The summed E-state index contributed by atoms with van der Waals surface area (Å²) in [4.78, 5) is 3.92. The van der Waals surface area contributed by atoms with Crippen molar-refractivity contribution >= 4 is 23.2 Å². The van der Waals surface area contributed by atoms with Gasteiger partial charge in [-0.1, -0.05) is 29.3 Å². The second-order valence-corrected chi connectivity index (χ2v) is 5.68. The maximum absolute atomic E-state index is 14.4. The fourth-order valence-electron chi connectivity index (χ4n) is 1.88. The molecule has 1 N–H and O–H groups in total. The molecule has 0 amide bonds. The average Bonchev–Trinajstić information content (AvgIpc) is 3.29. The zero-order valence-electron chi connectivity index (χ0n) is 11.1. The van der Waals surface area contributed by atoms with Gasteiger partial charge in [-0.05, 0) is 31.0 Å². The molecule has 3 rings (SSSR count). The van der Waals surface area contributed by atoms with Crippen LogP contribution in [0.3, 0.4) is 0 Å². The summed E-state index contributed by atoms with van der Waals surface area (Å²) in [6, 6.07) is 7.07. The van der Waals surface area contributed by atoms with Crippen molar-refractivity contribution < 1.29 is 9.13 Å². The van der Waals surface area contributed by atoms with Gasteiger partial charge in [-0.25, -0.2) is 9.37 Å². The van der Waals surface area contributed by atoms with Crippen LogP contribution in [-0.4, -0.2) is 11.0 Å². The molecule has 2 aromatic rings. The van der Waals surface area contributed by atoms with Crippen molar-refractivity contribution in [2.45, 2.75) is 25.4 Å². The molecule has 1 aromatic heterocycles. The average molecular weight is 327 g/mol. The summed E-state index contributed by atoms with van der Waals surface area (Å²) in [6.45, 7) is 0.457. The van der Waals surface area contributed by atoms with Gasteiger partial charge in [0.1, 0.15) is 10.8 Å². The normalized spacial score (nSPS) is 14.2. The number of nitrogens with one attached hydrogen (secondary N) is 1.